The predicted molar refractivity (Wildman–Crippen MR) is 97.8 cm³/mol. The van der Waals surface area contributed by atoms with Crippen molar-refractivity contribution in [1.82, 2.24) is 0 Å². The molecule has 0 saturated carbocycles. The first kappa shape index (κ1) is 17.6. The SMILES string of the molecule is N#CCc1ccc(NC(=O)c2cccc(NC(=O)C3CCCO3)c2)cc1. The van der Waals surface area contributed by atoms with Gasteiger partial charge in [-0.25, -0.2) is 0 Å². The second-order valence-corrected chi connectivity index (χ2v) is 6.06. The van der Waals surface area contributed by atoms with Crippen LogP contribution in [0.1, 0.15) is 28.8 Å². The summed E-state index contributed by atoms with van der Waals surface area (Å²) in [5.41, 5.74) is 2.54. The molecule has 2 N–H and O–H groups in total. The van der Waals surface area contributed by atoms with Crippen LogP contribution >= 0.6 is 0 Å². The summed E-state index contributed by atoms with van der Waals surface area (Å²) in [5, 5.41) is 14.3. The van der Waals surface area contributed by atoms with Gasteiger partial charge in [0.05, 0.1) is 12.5 Å². The van der Waals surface area contributed by atoms with Crippen LogP contribution in [0.25, 0.3) is 0 Å². The molecule has 6 heteroatoms. The van der Waals surface area contributed by atoms with Crippen molar-refractivity contribution < 1.29 is 14.3 Å². The summed E-state index contributed by atoms with van der Waals surface area (Å²) in [6.07, 6.45) is 1.52. The summed E-state index contributed by atoms with van der Waals surface area (Å²) < 4.78 is 5.36. The molecule has 3 rings (SSSR count). The molecule has 1 aliphatic rings. The van der Waals surface area contributed by atoms with Crippen LogP contribution < -0.4 is 10.6 Å². The van der Waals surface area contributed by atoms with Gasteiger partial charge >= 0.3 is 0 Å². The number of benzene rings is 2. The third-order valence-electron chi connectivity index (χ3n) is 4.11. The van der Waals surface area contributed by atoms with Crippen LogP contribution in [0.2, 0.25) is 0 Å². The van der Waals surface area contributed by atoms with E-state index in [-0.39, 0.29) is 11.8 Å². The summed E-state index contributed by atoms with van der Waals surface area (Å²) in [4.78, 5) is 24.5. The van der Waals surface area contributed by atoms with Crippen LogP contribution in [-0.4, -0.2) is 24.5 Å². The zero-order valence-electron chi connectivity index (χ0n) is 14.2. The van der Waals surface area contributed by atoms with Gasteiger partial charge in [-0.15, -0.1) is 0 Å². The molecular formula is C20H19N3O3. The maximum absolute atomic E-state index is 12.4. The molecule has 26 heavy (non-hydrogen) atoms. The highest BCUT2D eigenvalue weighted by Gasteiger charge is 2.23. The highest BCUT2D eigenvalue weighted by Crippen LogP contribution is 2.17. The molecule has 1 saturated heterocycles. The third-order valence-corrected chi connectivity index (χ3v) is 4.11. The van der Waals surface area contributed by atoms with Crippen molar-refractivity contribution in [3.63, 3.8) is 0 Å². The van der Waals surface area contributed by atoms with Crippen molar-refractivity contribution >= 4 is 23.2 Å². The van der Waals surface area contributed by atoms with Crippen molar-refractivity contribution in [1.29, 1.82) is 5.26 Å². The maximum Gasteiger partial charge on any atom is 0.255 e. The smallest absolute Gasteiger partial charge is 0.255 e. The van der Waals surface area contributed by atoms with Gasteiger partial charge in [0.1, 0.15) is 6.10 Å². The average molecular weight is 349 g/mol. The maximum atomic E-state index is 12.4. The predicted octanol–water partition coefficient (Wildman–Crippen LogP) is 3.12. The molecule has 2 amide bonds. The molecular weight excluding hydrogens is 330 g/mol. The molecule has 6 nitrogen and oxygen atoms in total. The monoisotopic (exact) mass is 349 g/mol. The molecule has 1 fully saturated rings. The number of hydrogen-bond donors (Lipinski definition) is 2. The number of hydrogen-bond acceptors (Lipinski definition) is 4. The number of carbonyl (C=O) groups is 2. The molecule has 0 aliphatic carbocycles. The van der Waals surface area contributed by atoms with Crippen molar-refractivity contribution in [3.05, 3.63) is 59.7 Å². The lowest BCUT2D eigenvalue weighted by Gasteiger charge is -2.11. The molecule has 0 spiro atoms. The van der Waals surface area contributed by atoms with Crippen molar-refractivity contribution in [2.75, 3.05) is 17.2 Å². The van der Waals surface area contributed by atoms with E-state index in [0.717, 1.165) is 12.0 Å². The van der Waals surface area contributed by atoms with Gasteiger partial charge in [-0.2, -0.15) is 5.26 Å². The minimum atomic E-state index is -0.417. The van der Waals surface area contributed by atoms with Gasteiger partial charge in [0.15, 0.2) is 0 Å². The van der Waals surface area contributed by atoms with E-state index in [2.05, 4.69) is 16.7 Å². The van der Waals surface area contributed by atoms with Crippen molar-refractivity contribution in [3.8, 4) is 6.07 Å². The molecule has 132 valence electrons. The highest BCUT2D eigenvalue weighted by atomic mass is 16.5. The molecule has 0 radical (unpaired) electrons. The van der Waals surface area contributed by atoms with Gasteiger partial charge in [-0.3, -0.25) is 9.59 Å². The number of carbonyl (C=O) groups excluding carboxylic acids is 2. The van der Waals surface area contributed by atoms with E-state index in [1.807, 2.05) is 0 Å². The fourth-order valence-electron chi connectivity index (χ4n) is 2.75. The summed E-state index contributed by atoms with van der Waals surface area (Å²) >= 11 is 0. The van der Waals surface area contributed by atoms with Crippen LogP contribution in [0.5, 0.6) is 0 Å². The molecule has 1 atom stereocenters. The summed E-state index contributed by atoms with van der Waals surface area (Å²) in [5.74, 6) is -0.459. The van der Waals surface area contributed by atoms with Gasteiger partial charge in [0.2, 0.25) is 0 Å². The lowest BCUT2D eigenvalue weighted by atomic mass is 10.1. The number of nitrogens with zero attached hydrogens (tertiary/aromatic N) is 1. The van der Waals surface area contributed by atoms with Crippen molar-refractivity contribution in [2.45, 2.75) is 25.4 Å². The number of nitrogens with one attached hydrogen (secondary N) is 2. The lowest BCUT2D eigenvalue weighted by molar-refractivity contribution is -0.124. The van der Waals surface area contributed by atoms with E-state index in [1.165, 1.54) is 0 Å². The van der Waals surface area contributed by atoms with Gasteiger partial charge in [-0.05, 0) is 48.7 Å². The quantitative estimate of drug-likeness (QED) is 0.867. The highest BCUT2D eigenvalue weighted by molar-refractivity contribution is 6.05. The summed E-state index contributed by atoms with van der Waals surface area (Å²) in [6.45, 7) is 0.605. The van der Waals surface area contributed by atoms with Crippen LogP contribution in [0, 0.1) is 11.3 Å². The molecule has 1 heterocycles. The summed E-state index contributed by atoms with van der Waals surface area (Å²) in [7, 11) is 0. The van der Waals surface area contributed by atoms with E-state index in [4.69, 9.17) is 10.00 Å². The zero-order chi connectivity index (χ0) is 18.4. The Morgan fingerprint density at radius 3 is 2.62 bits per heavy atom. The second kappa shape index (κ2) is 8.28. The van der Waals surface area contributed by atoms with E-state index < -0.39 is 6.10 Å². The fraction of sp³-hybridized carbons (Fsp3) is 0.250. The number of nitriles is 1. The lowest BCUT2D eigenvalue weighted by Crippen LogP contribution is -2.27. The fourth-order valence-corrected chi connectivity index (χ4v) is 2.75. The largest absolute Gasteiger partial charge is 0.368 e. The first-order valence-electron chi connectivity index (χ1n) is 8.45. The minimum Gasteiger partial charge on any atom is -0.368 e. The van der Waals surface area contributed by atoms with Crippen LogP contribution in [0.3, 0.4) is 0 Å². The van der Waals surface area contributed by atoms with Gasteiger partial charge < -0.3 is 15.4 Å². The van der Waals surface area contributed by atoms with Gasteiger partial charge in [0.25, 0.3) is 11.8 Å². The molecule has 1 aliphatic heterocycles. The molecule has 2 aromatic carbocycles. The zero-order valence-corrected chi connectivity index (χ0v) is 14.2. The minimum absolute atomic E-state index is 0.187. The number of anilines is 2. The number of rotatable bonds is 5. The second-order valence-electron chi connectivity index (χ2n) is 6.06. The van der Waals surface area contributed by atoms with Crippen molar-refractivity contribution in [2.24, 2.45) is 0 Å². The van der Waals surface area contributed by atoms with E-state index >= 15 is 0 Å². The van der Waals surface area contributed by atoms with Gasteiger partial charge in [-0.1, -0.05) is 18.2 Å². The molecule has 1 unspecified atom stereocenters. The van der Waals surface area contributed by atoms with E-state index in [9.17, 15) is 9.59 Å². The number of ether oxygens (including phenoxy) is 1. The Morgan fingerprint density at radius 1 is 1.12 bits per heavy atom. The Labute approximate surface area is 151 Å². The Balaban J connectivity index is 1.64. The third kappa shape index (κ3) is 4.47. The Bertz CT molecular complexity index is 834. The number of amides is 2. The van der Waals surface area contributed by atoms with Crippen LogP contribution in [0.4, 0.5) is 11.4 Å². The van der Waals surface area contributed by atoms with Crippen LogP contribution in [0.15, 0.2) is 48.5 Å². The van der Waals surface area contributed by atoms with E-state index in [1.54, 1.807) is 48.5 Å². The Morgan fingerprint density at radius 2 is 1.92 bits per heavy atom. The standard InChI is InChI=1S/C20H19N3O3/c21-11-10-14-6-8-16(9-7-14)22-19(24)15-3-1-4-17(13-15)23-20(25)18-5-2-12-26-18/h1,3-4,6-9,13,18H,2,5,10,12H2,(H,22,24)(H,23,25). The first-order valence-corrected chi connectivity index (χ1v) is 8.45. The topological polar surface area (TPSA) is 91.2 Å². The van der Waals surface area contributed by atoms with Crippen LogP contribution in [-0.2, 0) is 16.0 Å². The first-order chi connectivity index (χ1) is 12.7. The molecule has 0 aromatic heterocycles. The van der Waals surface area contributed by atoms with E-state index in [0.29, 0.717) is 36.4 Å². The average Bonchev–Trinajstić information content (AvgIpc) is 3.19. The Hall–Kier alpha value is -3.17. The molecule has 2 aromatic rings. The van der Waals surface area contributed by atoms with Gasteiger partial charge in [0, 0.05) is 23.5 Å². The summed E-state index contributed by atoms with van der Waals surface area (Å²) in [6, 6.07) is 16.0. The Kier molecular flexibility index (Phi) is 5.62. The molecule has 0 bridgehead atoms. The normalized spacial score (nSPS) is 15.9.